The SMILES string of the molecule is CC(C)(C)C(=O)N1CCC2(CC1)C(=O)N(CC(F)(F)F)c1cc(OCC#N)cc(F)c12. The lowest BCUT2D eigenvalue weighted by molar-refractivity contribution is -0.143. The van der Waals surface area contributed by atoms with E-state index >= 15 is 4.39 Å². The molecule has 3 rings (SSSR count). The molecule has 0 unspecified atom stereocenters. The Morgan fingerprint density at radius 3 is 2.35 bits per heavy atom. The fourth-order valence-corrected chi connectivity index (χ4v) is 4.29. The largest absolute Gasteiger partial charge is 0.479 e. The lowest BCUT2D eigenvalue weighted by atomic mass is 9.73. The van der Waals surface area contributed by atoms with Crippen LogP contribution in [0, 0.1) is 22.6 Å². The third-order valence-electron chi connectivity index (χ3n) is 5.65. The fraction of sp³-hybridized carbons (Fsp3) is 0.571. The maximum absolute atomic E-state index is 15.1. The molecule has 10 heteroatoms. The zero-order chi connectivity index (χ0) is 23.2. The Morgan fingerprint density at radius 2 is 1.84 bits per heavy atom. The highest BCUT2D eigenvalue weighted by Gasteiger charge is 2.56. The maximum atomic E-state index is 15.1. The van der Waals surface area contributed by atoms with Gasteiger partial charge < -0.3 is 14.5 Å². The monoisotopic (exact) mass is 441 g/mol. The van der Waals surface area contributed by atoms with Crippen LogP contribution in [-0.2, 0) is 15.0 Å². The molecule has 0 aromatic heterocycles. The second kappa shape index (κ2) is 7.70. The van der Waals surface area contributed by atoms with E-state index in [1.807, 2.05) is 0 Å². The van der Waals surface area contributed by atoms with Gasteiger partial charge in [0.25, 0.3) is 0 Å². The van der Waals surface area contributed by atoms with Crippen LogP contribution in [0.4, 0.5) is 23.2 Å². The predicted octanol–water partition coefficient (Wildman–Crippen LogP) is 3.54. The quantitative estimate of drug-likeness (QED) is 0.673. The molecule has 2 aliphatic heterocycles. The van der Waals surface area contributed by atoms with Crippen molar-refractivity contribution in [3.63, 3.8) is 0 Å². The third-order valence-corrected chi connectivity index (χ3v) is 5.65. The first kappa shape index (κ1) is 22.8. The van der Waals surface area contributed by atoms with Crippen LogP contribution >= 0.6 is 0 Å². The zero-order valence-corrected chi connectivity index (χ0v) is 17.5. The minimum atomic E-state index is -4.69. The smallest absolute Gasteiger partial charge is 0.406 e. The minimum absolute atomic E-state index is 0.0182. The molecule has 1 aromatic carbocycles. The molecule has 0 aliphatic carbocycles. The van der Waals surface area contributed by atoms with Gasteiger partial charge in [-0.25, -0.2) is 4.39 Å². The number of fused-ring (bicyclic) bond motifs is 2. The van der Waals surface area contributed by atoms with Gasteiger partial charge in [-0.1, -0.05) is 20.8 Å². The summed E-state index contributed by atoms with van der Waals surface area (Å²) in [4.78, 5) is 27.9. The van der Waals surface area contributed by atoms with Crippen LogP contribution in [0.15, 0.2) is 12.1 Å². The summed E-state index contributed by atoms with van der Waals surface area (Å²) in [5.74, 6) is -1.96. The van der Waals surface area contributed by atoms with Crippen molar-refractivity contribution in [3.8, 4) is 11.8 Å². The van der Waals surface area contributed by atoms with Crippen molar-refractivity contribution >= 4 is 17.5 Å². The first-order chi connectivity index (χ1) is 14.3. The Bertz CT molecular complexity index is 939. The van der Waals surface area contributed by atoms with E-state index in [0.717, 1.165) is 6.07 Å². The van der Waals surface area contributed by atoms with E-state index in [1.54, 1.807) is 31.7 Å². The number of benzene rings is 1. The number of likely N-dealkylation sites (tertiary alicyclic amines) is 1. The van der Waals surface area contributed by atoms with Crippen molar-refractivity contribution < 1.29 is 31.9 Å². The molecule has 6 nitrogen and oxygen atoms in total. The molecule has 31 heavy (non-hydrogen) atoms. The molecular weight excluding hydrogens is 418 g/mol. The van der Waals surface area contributed by atoms with Gasteiger partial charge in [0.05, 0.1) is 11.1 Å². The molecular formula is C21H23F4N3O3. The summed E-state index contributed by atoms with van der Waals surface area (Å²) in [5.41, 5.74) is -2.43. The van der Waals surface area contributed by atoms with E-state index in [4.69, 9.17) is 10.00 Å². The van der Waals surface area contributed by atoms with Gasteiger partial charge in [0.15, 0.2) is 6.61 Å². The number of piperidine rings is 1. The van der Waals surface area contributed by atoms with Crippen LogP contribution in [0.2, 0.25) is 0 Å². The Balaban J connectivity index is 2.01. The number of anilines is 1. The first-order valence-electron chi connectivity index (χ1n) is 9.82. The Hall–Kier alpha value is -2.83. The van der Waals surface area contributed by atoms with Crippen LogP contribution in [0.3, 0.4) is 0 Å². The van der Waals surface area contributed by atoms with Gasteiger partial charge in [0.2, 0.25) is 11.8 Å². The Labute approximate surface area is 177 Å². The number of hydrogen-bond donors (Lipinski definition) is 0. The lowest BCUT2D eigenvalue weighted by Crippen LogP contribution is -2.53. The average Bonchev–Trinajstić information content (AvgIpc) is 2.87. The van der Waals surface area contributed by atoms with Crippen LogP contribution in [0.5, 0.6) is 5.75 Å². The van der Waals surface area contributed by atoms with Crippen molar-refractivity contribution in [1.29, 1.82) is 5.26 Å². The summed E-state index contributed by atoms with van der Waals surface area (Å²) in [6.07, 6.45) is -4.66. The van der Waals surface area contributed by atoms with E-state index in [0.29, 0.717) is 4.90 Å². The predicted molar refractivity (Wildman–Crippen MR) is 103 cm³/mol. The molecule has 0 radical (unpaired) electrons. The maximum Gasteiger partial charge on any atom is 0.406 e. The van der Waals surface area contributed by atoms with Crippen molar-refractivity contribution in [1.82, 2.24) is 4.90 Å². The van der Waals surface area contributed by atoms with E-state index in [2.05, 4.69) is 0 Å². The fourth-order valence-electron chi connectivity index (χ4n) is 4.29. The lowest BCUT2D eigenvalue weighted by Gasteiger charge is -2.40. The summed E-state index contributed by atoms with van der Waals surface area (Å²) in [6.45, 7) is 3.54. The molecule has 2 amide bonds. The third kappa shape index (κ3) is 4.18. The zero-order valence-electron chi connectivity index (χ0n) is 17.5. The van der Waals surface area contributed by atoms with Gasteiger partial charge >= 0.3 is 6.18 Å². The van der Waals surface area contributed by atoms with Gasteiger partial charge in [-0.2, -0.15) is 18.4 Å². The molecule has 0 atom stereocenters. The molecule has 0 bridgehead atoms. The number of carbonyl (C=O) groups excluding carboxylic acids is 2. The second-order valence-electron chi connectivity index (χ2n) is 8.88. The standard InChI is InChI=1S/C21H23F4N3O3/c1-19(2,3)17(29)27-7-4-20(5-8-27)16-14(22)10-13(31-9-6-26)11-15(16)28(18(20)30)12-21(23,24)25/h10-11H,4-5,7-9,12H2,1-3H3. The summed E-state index contributed by atoms with van der Waals surface area (Å²) in [7, 11) is 0. The van der Waals surface area contributed by atoms with Gasteiger partial charge in [-0.15, -0.1) is 0 Å². The molecule has 1 aromatic rings. The van der Waals surface area contributed by atoms with Crippen molar-refractivity contribution in [3.05, 3.63) is 23.5 Å². The summed E-state index contributed by atoms with van der Waals surface area (Å²) in [6, 6.07) is 3.85. The number of rotatable bonds is 3. The number of nitrogens with zero attached hydrogens (tertiary/aromatic N) is 3. The molecule has 0 N–H and O–H groups in total. The molecule has 1 spiro atoms. The molecule has 2 heterocycles. The van der Waals surface area contributed by atoms with Crippen LogP contribution in [0.1, 0.15) is 39.2 Å². The van der Waals surface area contributed by atoms with E-state index < -0.39 is 41.9 Å². The summed E-state index contributed by atoms with van der Waals surface area (Å²) in [5, 5.41) is 8.65. The van der Waals surface area contributed by atoms with Crippen LogP contribution in [0.25, 0.3) is 0 Å². The molecule has 2 aliphatic rings. The number of alkyl halides is 3. The number of amides is 2. The van der Waals surface area contributed by atoms with Crippen LogP contribution < -0.4 is 9.64 Å². The Kier molecular flexibility index (Phi) is 5.67. The van der Waals surface area contributed by atoms with Gasteiger partial charge in [-0.05, 0) is 12.8 Å². The highest BCUT2D eigenvalue weighted by Crippen LogP contribution is 2.51. The molecule has 168 valence electrons. The van der Waals surface area contributed by atoms with Gasteiger partial charge in [0, 0.05) is 36.2 Å². The molecule has 1 fully saturated rings. The first-order valence-corrected chi connectivity index (χ1v) is 9.82. The summed E-state index contributed by atoms with van der Waals surface area (Å²) >= 11 is 0. The Morgan fingerprint density at radius 1 is 1.23 bits per heavy atom. The van der Waals surface area contributed by atoms with Crippen LogP contribution in [-0.4, -0.2) is 49.1 Å². The number of halogens is 4. The van der Waals surface area contributed by atoms with Crippen molar-refractivity contribution in [2.45, 2.75) is 45.2 Å². The topological polar surface area (TPSA) is 73.6 Å². The van der Waals surface area contributed by atoms with Crippen molar-refractivity contribution in [2.75, 3.05) is 31.1 Å². The minimum Gasteiger partial charge on any atom is -0.479 e. The average molecular weight is 441 g/mol. The normalized spacial score (nSPS) is 18.2. The van der Waals surface area contributed by atoms with Crippen molar-refractivity contribution in [2.24, 2.45) is 5.41 Å². The van der Waals surface area contributed by atoms with Gasteiger partial charge in [-0.3, -0.25) is 9.59 Å². The summed E-state index contributed by atoms with van der Waals surface area (Å²) < 4.78 is 59.8. The number of carbonyl (C=O) groups is 2. The second-order valence-corrected chi connectivity index (χ2v) is 8.88. The van der Waals surface area contributed by atoms with E-state index in [1.165, 1.54) is 6.07 Å². The van der Waals surface area contributed by atoms with E-state index in [-0.39, 0.29) is 48.8 Å². The number of ether oxygens (including phenoxy) is 1. The van der Waals surface area contributed by atoms with E-state index in [9.17, 15) is 22.8 Å². The molecule has 1 saturated heterocycles. The highest BCUT2D eigenvalue weighted by molar-refractivity contribution is 6.08. The molecule has 0 saturated carbocycles. The number of hydrogen-bond acceptors (Lipinski definition) is 4. The van der Waals surface area contributed by atoms with Gasteiger partial charge in [0.1, 0.15) is 24.2 Å². The highest BCUT2D eigenvalue weighted by atomic mass is 19.4. The number of nitriles is 1.